The lowest BCUT2D eigenvalue weighted by Gasteiger charge is -2.23. The molecule has 0 aromatic carbocycles. The number of rotatable bonds is 10. The summed E-state index contributed by atoms with van der Waals surface area (Å²) in [5.41, 5.74) is 0.998. The van der Waals surface area contributed by atoms with Crippen LogP contribution in [0.4, 0.5) is 4.79 Å². The number of aryl methyl sites for hydroxylation is 1. The molecular formula is C19H25IN2O6. The number of ether oxygens (including phenoxy) is 3. The van der Waals surface area contributed by atoms with Gasteiger partial charge >= 0.3 is 12.1 Å². The fraction of sp³-hybridized carbons (Fsp3) is 0.526. The lowest BCUT2D eigenvalue weighted by molar-refractivity contribution is -0.160. The van der Waals surface area contributed by atoms with Crippen LogP contribution in [0.2, 0.25) is 0 Å². The van der Waals surface area contributed by atoms with Crippen LogP contribution in [0.15, 0.2) is 36.5 Å². The second-order valence-electron chi connectivity index (χ2n) is 6.41. The number of esters is 1. The van der Waals surface area contributed by atoms with E-state index in [9.17, 15) is 9.59 Å². The molecule has 0 bridgehead atoms. The highest BCUT2D eigenvalue weighted by Crippen LogP contribution is 2.23. The molecule has 1 unspecified atom stereocenters. The number of carbonyl (C=O) groups excluding carboxylic acids is 2. The third-order valence-electron chi connectivity index (χ3n) is 4.52. The molecule has 0 saturated carbocycles. The van der Waals surface area contributed by atoms with Crippen LogP contribution < -0.4 is 0 Å². The van der Waals surface area contributed by atoms with Crippen molar-refractivity contribution < 1.29 is 26.9 Å². The zero-order valence-electron chi connectivity index (χ0n) is 16.0. The van der Waals surface area contributed by atoms with Crippen molar-refractivity contribution in [1.82, 2.24) is 9.55 Å². The Morgan fingerprint density at radius 2 is 2.14 bits per heavy atom. The van der Waals surface area contributed by atoms with Gasteiger partial charge in [-0.25, -0.2) is 9.78 Å². The smallest absolute Gasteiger partial charge is 0.427 e. The molecule has 0 spiro atoms. The van der Waals surface area contributed by atoms with Gasteiger partial charge in [-0.1, -0.05) is 13.0 Å². The van der Waals surface area contributed by atoms with Gasteiger partial charge in [0.15, 0.2) is 0 Å². The molecule has 0 amide bonds. The molecule has 1 aliphatic carbocycles. The van der Waals surface area contributed by atoms with Crippen LogP contribution in [0.1, 0.15) is 31.9 Å². The summed E-state index contributed by atoms with van der Waals surface area (Å²) in [7, 11) is 1.90. The summed E-state index contributed by atoms with van der Waals surface area (Å²) >= 11 is 1.82. The topological polar surface area (TPSA) is 88.9 Å². The van der Waals surface area contributed by atoms with Gasteiger partial charge < -0.3 is 21.8 Å². The van der Waals surface area contributed by atoms with Crippen molar-refractivity contribution in [3.05, 3.63) is 42.2 Å². The SMILES string of the molecule is CCC(C(=O)OCOC(=O)OC1=CCCC=C1)[C@H](COI)Cc1cncn1C. The van der Waals surface area contributed by atoms with Crippen molar-refractivity contribution in [2.45, 2.75) is 32.6 Å². The van der Waals surface area contributed by atoms with Crippen LogP contribution in [0, 0.1) is 11.8 Å². The number of carbonyl (C=O) groups is 2. The molecular weight excluding hydrogens is 479 g/mol. The number of aromatic nitrogens is 2. The largest absolute Gasteiger partial charge is 0.516 e. The summed E-state index contributed by atoms with van der Waals surface area (Å²) in [6.45, 7) is 1.81. The Labute approximate surface area is 178 Å². The first-order valence-corrected chi connectivity index (χ1v) is 9.99. The number of nitrogens with zero attached hydrogens (tertiary/aromatic N) is 2. The van der Waals surface area contributed by atoms with Gasteiger partial charge in [0, 0.05) is 24.9 Å². The highest BCUT2D eigenvalue weighted by Gasteiger charge is 2.29. The van der Waals surface area contributed by atoms with E-state index in [1.165, 1.54) is 0 Å². The number of allylic oxidation sites excluding steroid dienone is 3. The number of hydrogen-bond acceptors (Lipinski definition) is 7. The average Bonchev–Trinajstić information content (AvgIpc) is 3.08. The third-order valence-corrected chi connectivity index (χ3v) is 4.88. The van der Waals surface area contributed by atoms with Crippen molar-refractivity contribution in [1.29, 1.82) is 0 Å². The van der Waals surface area contributed by atoms with E-state index in [0.29, 0.717) is 25.2 Å². The number of imidazole rings is 1. The molecule has 28 heavy (non-hydrogen) atoms. The molecule has 1 aromatic rings. The minimum absolute atomic E-state index is 0.0886. The molecule has 1 aromatic heterocycles. The van der Waals surface area contributed by atoms with E-state index in [1.54, 1.807) is 24.7 Å². The molecule has 9 heteroatoms. The zero-order valence-corrected chi connectivity index (χ0v) is 18.2. The maximum Gasteiger partial charge on any atom is 0.516 e. The van der Waals surface area contributed by atoms with Crippen LogP contribution in [0.5, 0.6) is 0 Å². The van der Waals surface area contributed by atoms with Gasteiger partial charge in [-0.3, -0.25) is 4.79 Å². The van der Waals surface area contributed by atoms with Crippen LogP contribution >= 0.6 is 23.0 Å². The van der Waals surface area contributed by atoms with Gasteiger partial charge in [0.05, 0.1) is 18.9 Å². The lowest BCUT2D eigenvalue weighted by atomic mass is 9.87. The summed E-state index contributed by atoms with van der Waals surface area (Å²) < 4.78 is 22.2. The van der Waals surface area contributed by atoms with Gasteiger partial charge in [-0.05, 0) is 37.8 Å². The van der Waals surface area contributed by atoms with E-state index >= 15 is 0 Å². The van der Waals surface area contributed by atoms with Gasteiger partial charge in [-0.2, -0.15) is 0 Å². The Morgan fingerprint density at radius 3 is 2.75 bits per heavy atom. The Bertz CT molecular complexity index is 715. The maximum absolute atomic E-state index is 12.5. The molecule has 154 valence electrons. The van der Waals surface area contributed by atoms with E-state index in [1.807, 2.05) is 47.6 Å². The second kappa shape index (κ2) is 11.8. The zero-order chi connectivity index (χ0) is 20.4. The maximum atomic E-state index is 12.5. The first-order chi connectivity index (χ1) is 13.5. The second-order valence-corrected chi connectivity index (χ2v) is 7.04. The first kappa shape index (κ1) is 22.4. The highest BCUT2D eigenvalue weighted by molar-refractivity contribution is 14.1. The average molecular weight is 504 g/mol. The Morgan fingerprint density at radius 1 is 1.32 bits per heavy atom. The predicted molar refractivity (Wildman–Crippen MR) is 109 cm³/mol. The Hall–Kier alpha value is -1.88. The minimum atomic E-state index is -0.902. The summed E-state index contributed by atoms with van der Waals surface area (Å²) in [5, 5.41) is 0. The monoisotopic (exact) mass is 504 g/mol. The van der Waals surface area contributed by atoms with Gasteiger partial charge in [-0.15, -0.1) is 0 Å². The molecule has 0 N–H and O–H groups in total. The molecule has 1 heterocycles. The number of hydrogen-bond donors (Lipinski definition) is 0. The molecule has 0 aliphatic heterocycles. The fourth-order valence-corrected chi connectivity index (χ4v) is 3.44. The summed E-state index contributed by atoms with van der Waals surface area (Å²) in [6.07, 6.45) is 10.9. The highest BCUT2D eigenvalue weighted by atomic mass is 127. The summed E-state index contributed by atoms with van der Waals surface area (Å²) in [5.74, 6) is -0.486. The van der Waals surface area contributed by atoms with Crippen LogP contribution in [-0.4, -0.2) is 35.1 Å². The first-order valence-electron chi connectivity index (χ1n) is 9.11. The lowest BCUT2D eigenvalue weighted by Crippen LogP contribution is -2.30. The number of halogens is 1. The van der Waals surface area contributed by atoms with E-state index in [2.05, 4.69) is 4.98 Å². The van der Waals surface area contributed by atoms with Crippen molar-refractivity contribution >= 4 is 35.1 Å². The Kier molecular flexibility index (Phi) is 9.48. The molecule has 0 saturated heterocycles. The summed E-state index contributed by atoms with van der Waals surface area (Å²) in [6, 6.07) is 0. The van der Waals surface area contributed by atoms with Crippen LogP contribution in [0.25, 0.3) is 0 Å². The normalized spacial score (nSPS) is 15.5. The third kappa shape index (κ3) is 6.93. The molecule has 0 radical (unpaired) electrons. The van der Waals surface area contributed by atoms with Crippen LogP contribution in [-0.2, 0) is 35.5 Å². The molecule has 2 rings (SSSR count). The van der Waals surface area contributed by atoms with Crippen molar-refractivity contribution in [2.24, 2.45) is 18.9 Å². The van der Waals surface area contributed by atoms with E-state index in [-0.39, 0.29) is 5.92 Å². The molecule has 2 atom stereocenters. The van der Waals surface area contributed by atoms with Gasteiger partial charge in [0.1, 0.15) is 28.8 Å². The van der Waals surface area contributed by atoms with Gasteiger partial charge in [0.25, 0.3) is 0 Å². The van der Waals surface area contributed by atoms with Crippen molar-refractivity contribution in [3.63, 3.8) is 0 Å². The van der Waals surface area contributed by atoms with Gasteiger partial charge in [0.2, 0.25) is 6.79 Å². The predicted octanol–water partition coefficient (Wildman–Crippen LogP) is 3.86. The van der Waals surface area contributed by atoms with Crippen LogP contribution in [0.3, 0.4) is 0 Å². The fourth-order valence-electron chi connectivity index (χ4n) is 2.97. The molecule has 8 nitrogen and oxygen atoms in total. The van der Waals surface area contributed by atoms with Crippen molar-refractivity contribution in [2.75, 3.05) is 13.4 Å². The summed E-state index contributed by atoms with van der Waals surface area (Å²) in [4.78, 5) is 28.3. The Balaban J connectivity index is 1.84. The standard InChI is InChI=1S/C19H25IN2O6/c1-3-17(14(11-27-20)9-15-10-21-12-22(15)2)18(23)25-13-26-19(24)28-16-7-5-4-6-8-16/h5,7-8,10,12,14,17H,3-4,6,9,11,13H2,1-2H3/t14-,17?/m0/s1. The minimum Gasteiger partial charge on any atom is -0.427 e. The van der Waals surface area contributed by atoms with Crippen molar-refractivity contribution in [3.8, 4) is 0 Å². The quantitative estimate of drug-likeness (QED) is 0.272. The van der Waals surface area contributed by atoms with E-state index in [4.69, 9.17) is 17.3 Å². The molecule has 1 aliphatic rings. The van der Waals surface area contributed by atoms with E-state index in [0.717, 1.165) is 18.5 Å². The molecule has 0 fully saturated rings. The van der Waals surface area contributed by atoms with E-state index < -0.39 is 24.8 Å².